The van der Waals surface area contributed by atoms with Crippen molar-refractivity contribution in [2.24, 2.45) is 0 Å². The summed E-state index contributed by atoms with van der Waals surface area (Å²) >= 11 is 1.85. The molecule has 9 aromatic rings. The van der Waals surface area contributed by atoms with E-state index in [0.29, 0.717) is 0 Å². The average molecular weight is 593 g/mol. The Morgan fingerprint density at radius 3 is 1.87 bits per heavy atom. The minimum Gasteiger partial charge on any atom is -0.310 e. The number of thiophene rings is 1. The van der Waals surface area contributed by atoms with E-state index in [1.54, 1.807) is 0 Å². The number of hydrogen-bond acceptors (Lipinski definition) is 2. The third kappa shape index (κ3) is 4.24. The van der Waals surface area contributed by atoms with Crippen LogP contribution in [0.1, 0.15) is 0 Å². The molecule has 2 nitrogen and oxygen atoms in total. The van der Waals surface area contributed by atoms with Gasteiger partial charge in [0.2, 0.25) is 0 Å². The molecule has 0 unspecified atom stereocenters. The van der Waals surface area contributed by atoms with Gasteiger partial charge in [-0.3, -0.25) is 0 Å². The highest BCUT2D eigenvalue weighted by Gasteiger charge is 2.18. The standard InChI is InChI=1S/C42H28N2S/c1-3-12-30(13-4-1)43(33-26-27-41-37(28-33)35-16-8-10-21-40(35)45-41)32-24-22-29(23-25-32)34-18-11-20-39-42(34)36-17-7-9-19-38(36)44(39)31-14-5-2-6-15-31/h1-28H. The first-order valence-corrected chi connectivity index (χ1v) is 16.1. The smallest absolute Gasteiger partial charge is 0.0547 e. The van der Waals surface area contributed by atoms with Crippen molar-refractivity contribution in [1.82, 2.24) is 4.57 Å². The Bertz CT molecular complexity index is 2470. The van der Waals surface area contributed by atoms with Gasteiger partial charge in [0.15, 0.2) is 0 Å². The number of para-hydroxylation sites is 3. The van der Waals surface area contributed by atoms with Crippen LogP contribution >= 0.6 is 11.3 Å². The van der Waals surface area contributed by atoms with Crippen molar-refractivity contribution in [3.63, 3.8) is 0 Å². The van der Waals surface area contributed by atoms with E-state index in [1.165, 1.54) is 58.8 Å². The maximum Gasteiger partial charge on any atom is 0.0547 e. The minimum absolute atomic E-state index is 1.13. The van der Waals surface area contributed by atoms with E-state index in [4.69, 9.17) is 0 Å². The van der Waals surface area contributed by atoms with Gasteiger partial charge in [-0.15, -0.1) is 11.3 Å². The van der Waals surface area contributed by atoms with Crippen molar-refractivity contribution in [3.8, 4) is 16.8 Å². The summed E-state index contributed by atoms with van der Waals surface area (Å²) in [7, 11) is 0. The molecule has 0 N–H and O–H groups in total. The molecule has 0 aliphatic heterocycles. The average Bonchev–Trinajstić information content (AvgIpc) is 3.65. The molecule has 0 spiro atoms. The van der Waals surface area contributed by atoms with E-state index in [0.717, 1.165) is 17.1 Å². The molecule has 9 rings (SSSR count). The van der Waals surface area contributed by atoms with Crippen LogP contribution in [0.5, 0.6) is 0 Å². The van der Waals surface area contributed by atoms with Crippen LogP contribution in [0.3, 0.4) is 0 Å². The first-order chi connectivity index (χ1) is 22.3. The molecule has 0 saturated carbocycles. The lowest BCUT2D eigenvalue weighted by Gasteiger charge is -2.26. The number of aromatic nitrogens is 1. The Kier molecular flexibility index (Phi) is 6.03. The van der Waals surface area contributed by atoms with Crippen molar-refractivity contribution < 1.29 is 0 Å². The van der Waals surface area contributed by atoms with E-state index < -0.39 is 0 Å². The predicted molar refractivity (Wildman–Crippen MR) is 194 cm³/mol. The third-order valence-electron chi connectivity index (χ3n) is 8.78. The van der Waals surface area contributed by atoms with E-state index >= 15 is 0 Å². The molecule has 3 heteroatoms. The van der Waals surface area contributed by atoms with Crippen LogP contribution in [-0.2, 0) is 0 Å². The summed E-state index contributed by atoms with van der Waals surface area (Å²) in [5.41, 5.74) is 9.46. The summed E-state index contributed by atoms with van der Waals surface area (Å²) in [6.07, 6.45) is 0. The van der Waals surface area contributed by atoms with E-state index in [2.05, 4.69) is 179 Å². The molecule has 7 aromatic carbocycles. The largest absolute Gasteiger partial charge is 0.310 e. The molecule has 0 fully saturated rings. The zero-order chi connectivity index (χ0) is 29.7. The number of fused-ring (bicyclic) bond motifs is 6. The van der Waals surface area contributed by atoms with Gasteiger partial charge in [0.25, 0.3) is 0 Å². The van der Waals surface area contributed by atoms with Crippen molar-refractivity contribution in [3.05, 3.63) is 170 Å². The van der Waals surface area contributed by atoms with Gasteiger partial charge in [-0.1, -0.05) is 97.1 Å². The third-order valence-corrected chi connectivity index (χ3v) is 9.93. The second-order valence-corrected chi connectivity index (χ2v) is 12.5. The molecule has 0 amide bonds. The number of hydrogen-bond donors (Lipinski definition) is 0. The lowest BCUT2D eigenvalue weighted by atomic mass is 9.99. The highest BCUT2D eigenvalue weighted by Crippen LogP contribution is 2.42. The van der Waals surface area contributed by atoms with Gasteiger partial charge < -0.3 is 9.47 Å². The summed E-state index contributed by atoms with van der Waals surface area (Å²) in [5.74, 6) is 0. The maximum atomic E-state index is 2.38. The Balaban J connectivity index is 1.19. The van der Waals surface area contributed by atoms with Gasteiger partial charge in [0.1, 0.15) is 0 Å². The van der Waals surface area contributed by atoms with Crippen LogP contribution in [0, 0.1) is 0 Å². The van der Waals surface area contributed by atoms with Crippen molar-refractivity contribution in [2.75, 3.05) is 4.90 Å². The van der Waals surface area contributed by atoms with Crippen LogP contribution < -0.4 is 4.90 Å². The number of nitrogens with zero attached hydrogens (tertiary/aromatic N) is 2. The SMILES string of the molecule is c1ccc(N(c2ccc(-c3cccc4c3c3ccccc3n4-c3ccccc3)cc2)c2ccc3sc4ccccc4c3c2)cc1. The number of anilines is 3. The fraction of sp³-hybridized carbons (Fsp3) is 0. The minimum atomic E-state index is 1.13. The Morgan fingerprint density at radius 2 is 1.04 bits per heavy atom. The Labute approximate surface area is 265 Å². The van der Waals surface area contributed by atoms with Gasteiger partial charge in [-0.05, 0) is 83.9 Å². The van der Waals surface area contributed by atoms with Gasteiger partial charge in [-0.2, -0.15) is 0 Å². The van der Waals surface area contributed by atoms with Crippen molar-refractivity contribution in [1.29, 1.82) is 0 Å². The molecule has 0 atom stereocenters. The molecule has 0 saturated heterocycles. The molecule has 45 heavy (non-hydrogen) atoms. The van der Waals surface area contributed by atoms with Gasteiger partial charge in [0.05, 0.1) is 11.0 Å². The lowest BCUT2D eigenvalue weighted by molar-refractivity contribution is 1.18. The van der Waals surface area contributed by atoms with Gasteiger partial charge in [-0.25, -0.2) is 0 Å². The highest BCUT2D eigenvalue weighted by molar-refractivity contribution is 7.25. The van der Waals surface area contributed by atoms with Crippen LogP contribution in [0.15, 0.2) is 170 Å². The zero-order valence-electron chi connectivity index (χ0n) is 24.5. The normalized spacial score (nSPS) is 11.6. The summed E-state index contributed by atoms with van der Waals surface area (Å²) in [4.78, 5) is 2.36. The molecule has 2 heterocycles. The zero-order valence-corrected chi connectivity index (χ0v) is 25.3. The van der Waals surface area contributed by atoms with Crippen LogP contribution in [0.25, 0.3) is 58.8 Å². The fourth-order valence-electron chi connectivity index (χ4n) is 6.78. The molecule has 0 aliphatic carbocycles. The first kappa shape index (κ1) is 25.8. The van der Waals surface area contributed by atoms with E-state index in [-0.39, 0.29) is 0 Å². The summed E-state index contributed by atoms with van der Waals surface area (Å²) in [5, 5.41) is 5.15. The summed E-state index contributed by atoms with van der Waals surface area (Å²) < 4.78 is 5.01. The van der Waals surface area contributed by atoms with Crippen molar-refractivity contribution in [2.45, 2.75) is 0 Å². The Hall–Kier alpha value is -5.64. The molecular formula is C42H28N2S. The van der Waals surface area contributed by atoms with Crippen LogP contribution in [0.4, 0.5) is 17.1 Å². The summed E-state index contributed by atoms with van der Waals surface area (Å²) in [6, 6.07) is 61.3. The predicted octanol–water partition coefficient (Wildman–Crippen LogP) is 12.3. The van der Waals surface area contributed by atoms with Gasteiger partial charge in [0, 0.05) is 53.7 Å². The van der Waals surface area contributed by atoms with Crippen LogP contribution in [0.2, 0.25) is 0 Å². The van der Waals surface area contributed by atoms with Gasteiger partial charge >= 0.3 is 0 Å². The monoisotopic (exact) mass is 592 g/mol. The molecule has 0 bridgehead atoms. The summed E-state index contributed by atoms with van der Waals surface area (Å²) in [6.45, 7) is 0. The maximum absolute atomic E-state index is 2.38. The second-order valence-electron chi connectivity index (χ2n) is 11.4. The molecule has 0 aliphatic rings. The number of rotatable bonds is 5. The first-order valence-electron chi connectivity index (χ1n) is 15.3. The van der Waals surface area contributed by atoms with E-state index in [9.17, 15) is 0 Å². The Morgan fingerprint density at radius 1 is 0.422 bits per heavy atom. The highest BCUT2D eigenvalue weighted by atomic mass is 32.1. The number of benzene rings is 7. The topological polar surface area (TPSA) is 8.17 Å². The fourth-order valence-corrected chi connectivity index (χ4v) is 7.87. The lowest BCUT2D eigenvalue weighted by Crippen LogP contribution is -2.09. The van der Waals surface area contributed by atoms with Crippen LogP contribution in [-0.4, -0.2) is 4.57 Å². The van der Waals surface area contributed by atoms with E-state index in [1.807, 2.05) is 11.3 Å². The quantitative estimate of drug-likeness (QED) is 0.193. The molecule has 2 aromatic heterocycles. The molecule has 212 valence electrons. The van der Waals surface area contributed by atoms with Crippen molar-refractivity contribution >= 4 is 70.4 Å². The molecule has 0 radical (unpaired) electrons. The molecular weight excluding hydrogens is 565 g/mol. The second kappa shape index (κ2) is 10.5.